The van der Waals surface area contributed by atoms with E-state index in [9.17, 15) is 4.39 Å². The van der Waals surface area contributed by atoms with Crippen LogP contribution in [0.15, 0.2) is 18.2 Å². The van der Waals surface area contributed by atoms with E-state index in [1.807, 2.05) is 14.0 Å². The van der Waals surface area contributed by atoms with Gasteiger partial charge >= 0.3 is 0 Å². The molecule has 1 saturated carbocycles. The second-order valence-corrected chi connectivity index (χ2v) is 5.45. The third kappa shape index (κ3) is 2.12. The molecule has 2 nitrogen and oxygen atoms in total. The fraction of sp³-hybridized carbons (Fsp3) is 0.600. The zero-order chi connectivity index (χ0) is 13.3. The average Bonchev–Trinajstić information content (AvgIpc) is 2.36. The molecule has 0 heterocycles. The van der Waals surface area contributed by atoms with Gasteiger partial charge in [0.25, 0.3) is 0 Å². The summed E-state index contributed by atoms with van der Waals surface area (Å²) in [6.45, 7) is 6.36. The summed E-state index contributed by atoms with van der Waals surface area (Å²) in [4.78, 5) is 0. The number of benzene rings is 1. The van der Waals surface area contributed by atoms with Crippen LogP contribution >= 0.6 is 0 Å². The average molecular weight is 251 g/mol. The van der Waals surface area contributed by atoms with Crippen LogP contribution in [-0.2, 0) is 0 Å². The van der Waals surface area contributed by atoms with Crippen molar-refractivity contribution in [2.75, 3.05) is 7.05 Å². The summed E-state index contributed by atoms with van der Waals surface area (Å²) in [5, 5.41) is 3.33. The first-order valence-corrected chi connectivity index (χ1v) is 6.61. The highest BCUT2D eigenvalue weighted by atomic mass is 19.1. The number of ether oxygens (including phenoxy) is 1. The predicted molar refractivity (Wildman–Crippen MR) is 71.4 cm³/mol. The Morgan fingerprint density at radius 2 is 2.22 bits per heavy atom. The van der Waals surface area contributed by atoms with Crippen LogP contribution in [-0.4, -0.2) is 19.2 Å². The van der Waals surface area contributed by atoms with E-state index in [1.54, 1.807) is 6.07 Å². The van der Waals surface area contributed by atoms with Gasteiger partial charge in [0.2, 0.25) is 0 Å². The number of aryl methyl sites for hydroxylation is 1. The van der Waals surface area contributed by atoms with Crippen LogP contribution < -0.4 is 10.1 Å². The standard InChI is InChI=1S/C15H22FNO/c1-5-15(3)13(17-4)9-14(15)18-12-8-11(16)7-6-10(12)2/h6-8,13-14,17H,5,9H2,1-4H3. The van der Waals surface area contributed by atoms with Crippen molar-refractivity contribution in [3.63, 3.8) is 0 Å². The van der Waals surface area contributed by atoms with E-state index in [2.05, 4.69) is 19.2 Å². The molecule has 3 heteroatoms. The van der Waals surface area contributed by atoms with Crippen LogP contribution in [0, 0.1) is 18.2 Å². The molecule has 1 aromatic rings. The van der Waals surface area contributed by atoms with Gasteiger partial charge in [-0.1, -0.05) is 19.9 Å². The van der Waals surface area contributed by atoms with Crippen LogP contribution in [0.5, 0.6) is 5.75 Å². The highest BCUT2D eigenvalue weighted by Gasteiger charge is 2.51. The second-order valence-electron chi connectivity index (χ2n) is 5.45. The molecule has 0 amide bonds. The van der Waals surface area contributed by atoms with Gasteiger partial charge in [0.1, 0.15) is 17.7 Å². The molecule has 0 spiro atoms. The van der Waals surface area contributed by atoms with Crippen molar-refractivity contribution in [1.29, 1.82) is 0 Å². The summed E-state index contributed by atoms with van der Waals surface area (Å²) in [6.07, 6.45) is 2.20. The van der Waals surface area contributed by atoms with Gasteiger partial charge in [-0.05, 0) is 32.0 Å². The number of hydrogen-bond donors (Lipinski definition) is 1. The van der Waals surface area contributed by atoms with Crippen molar-refractivity contribution >= 4 is 0 Å². The van der Waals surface area contributed by atoms with Gasteiger partial charge in [0.05, 0.1) is 0 Å². The largest absolute Gasteiger partial charge is 0.489 e. The zero-order valence-corrected chi connectivity index (χ0v) is 11.6. The Balaban J connectivity index is 2.13. The minimum Gasteiger partial charge on any atom is -0.489 e. The molecule has 1 aliphatic carbocycles. The first kappa shape index (κ1) is 13.3. The van der Waals surface area contributed by atoms with Crippen molar-refractivity contribution in [2.24, 2.45) is 5.41 Å². The summed E-state index contributed by atoms with van der Waals surface area (Å²) >= 11 is 0. The van der Waals surface area contributed by atoms with E-state index >= 15 is 0 Å². The van der Waals surface area contributed by atoms with Crippen LogP contribution in [0.4, 0.5) is 4.39 Å². The Morgan fingerprint density at radius 1 is 1.50 bits per heavy atom. The lowest BCUT2D eigenvalue weighted by Gasteiger charge is -2.53. The molecule has 0 radical (unpaired) electrons. The molecule has 0 aromatic heterocycles. The minimum absolute atomic E-state index is 0.132. The molecule has 0 bridgehead atoms. The third-order valence-electron chi connectivity index (χ3n) is 4.51. The van der Waals surface area contributed by atoms with Crippen LogP contribution in [0.3, 0.4) is 0 Å². The van der Waals surface area contributed by atoms with Crippen molar-refractivity contribution in [3.8, 4) is 5.75 Å². The van der Waals surface area contributed by atoms with Crippen molar-refractivity contribution in [3.05, 3.63) is 29.6 Å². The molecule has 18 heavy (non-hydrogen) atoms. The van der Waals surface area contributed by atoms with Crippen LogP contribution in [0.25, 0.3) is 0 Å². The Morgan fingerprint density at radius 3 is 2.83 bits per heavy atom. The molecule has 1 aromatic carbocycles. The first-order valence-electron chi connectivity index (χ1n) is 6.61. The van der Waals surface area contributed by atoms with Crippen LogP contribution in [0.1, 0.15) is 32.3 Å². The molecule has 2 rings (SSSR count). The molecule has 1 aliphatic rings. The third-order valence-corrected chi connectivity index (χ3v) is 4.51. The van der Waals surface area contributed by atoms with E-state index in [0.29, 0.717) is 11.8 Å². The first-order chi connectivity index (χ1) is 8.51. The molecule has 0 saturated heterocycles. The van der Waals surface area contributed by atoms with E-state index in [0.717, 1.165) is 18.4 Å². The number of rotatable bonds is 4. The fourth-order valence-electron chi connectivity index (χ4n) is 2.77. The fourth-order valence-corrected chi connectivity index (χ4v) is 2.77. The van der Waals surface area contributed by atoms with Gasteiger partial charge < -0.3 is 10.1 Å². The van der Waals surface area contributed by atoms with Crippen molar-refractivity contribution < 1.29 is 9.13 Å². The Kier molecular flexibility index (Phi) is 3.62. The van der Waals surface area contributed by atoms with Gasteiger partial charge in [0.15, 0.2) is 0 Å². The number of nitrogens with one attached hydrogen (secondary N) is 1. The molecule has 3 unspecified atom stereocenters. The summed E-state index contributed by atoms with van der Waals surface area (Å²) < 4.78 is 19.3. The molecule has 3 atom stereocenters. The topological polar surface area (TPSA) is 21.3 Å². The van der Waals surface area contributed by atoms with Gasteiger partial charge in [0, 0.05) is 23.9 Å². The number of halogens is 1. The predicted octanol–water partition coefficient (Wildman–Crippen LogP) is 3.29. The quantitative estimate of drug-likeness (QED) is 0.886. The SMILES string of the molecule is CCC1(C)C(NC)CC1Oc1cc(F)ccc1C. The lowest BCUT2D eigenvalue weighted by atomic mass is 9.61. The summed E-state index contributed by atoms with van der Waals surface area (Å²) in [6, 6.07) is 5.21. The molecule has 100 valence electrons. The Labute approximate surface area is 109 Å². The van der Waals surface area contributed by atoms with Gasteiger partial charge in [-0.25, -0.2) is 4.39 Å². The Bertz CT molecular complexity index is 435. The number of hydrogen-bond acceptors (Lipinski definition) is 2. The van der Waals surface area contributed by atoms with E-state index in [1.165, 1.54) is 12.1 Å². The maximum absolute atomic E-state index is 13.2. The molecular weight excluding hydrogens is 229 g/mol. The van der Waals surface area contributed by atoms with Crippen molar-refractivity contribution in [1.82, 2.24) is 5.32 Å². The maximum atomic E-state index is 13.2. The van der Waals surface area contributed by atoms with E-state index in [4.69, 9.17) is 4.74 Å². The zero-order valence-electron chi connectivity index (χ0n) is 11.6. The van der Waals surface area contributed by atoms with Gasteiger partial charge in [-0.15, -0.1) is 0 Å². The lowest BCUT2D eigenvalue weighted by Crippen LogP contribution is -2.62. The monoisotopic (exact) mass is 251 g/mol. The van der Waals surface area contributed by atoms with E-state index < -0.39 is 0 Å². The molecule has 1 fully saturated rings. The summed E-state index contributed by atoms with van der Waals surface area (Å²) in [5.41, 5.74) is 1.12. The smallest absolute Gasteiger partial charge is 0.126 e. The van der Waals surface area contributed by atoms with E-state index in [-0.39, 0.29) is 17.3 Å². The highest BCUT2D eigenvalue weighted by molar-refractivity contribution is 5.33. The maximum Gasteiger partial charge on any atom is 0.126 e. The second kappa shape index (κ2) is 4.88. The highest BCUT2D eigenvalue weighted by Crippen LogP contribution is 2.46. The summed E-state index contributed by atoms with van der Waals surface area (Å²) in [7, 11) is 1.99. The molecule has 0 aliphatic heterocycles. The minimum atomic E-state index is -0.238. The Hall–Kier alpha value is -1.09. The van der Waals surface area contributed by atoms with Crippen molar-refractivity contribution in [2.45, 2.75) is 45.8 Å². The summed E-state index contributed by atoms with van der Waals surface area (Å²) in [5.74, 6) is 0.438. The van der Waals surface area contributed by atoms with Gasteiger partial charge in [-0.2, -0.15) is 0 Å². The normalized spacial score (nSPS) is 30.9. The molecule has 1 N–H and O–H groups in total. The van der Waals surface area contributed by atoms with Gasteiger partial charge in [-0.3, -0.25) is 0 Å². The molecular formula is C15H22FNO. The lowest BCUT2D eigenvalue weighted by molar-refractivity contribution is -0.0681. The van der Waals surface area contributed by atoms with Crippen LogP contribution in [0.2, 0.25) is 0 Å².